The maximum absolute atomic E-state index is 13.1. The van der Waals surface area contributed by atoms with Crippen LogP contribution < -0.4 is 0 Å². The molecule has 0 spiro atoms. The molecule has 2 saturated carbocycles. The molecule has 0 radical (unpaired) electrons. The van der Waals surface area contributed by atoms with Crippen LogP contribution in [0.5, 0.6) is 0 Å². The van der Waals surface area contributed by atoms with Gasteiger partial charge in [0.15, 0.2) is 5.78 Å². The number of hydrogen-bond donors (Lipinski definition) is 2. The van der Waals surface area contributed by atoms with Crippen LogP contribution in [0.25, 0.3) is 0 Å². The van der Waals surface area contributed by atoms with Crippen LogP contribution in [-0.4, -0.2) is 51.0 Å². The fourth-order valence-electron chi connectivity index (χ4n) is 7.76. The van der Waals surface area contributed by atoms with Gasteiger partial charge in [-0.2, -0.15) is 0 Å². The van der Waals surface area contributed by atoms with Crippen LogP contribution in [-0.2, 0) is 19.1 Å². The summed E-state index contributed by atoms with van der Waals surface area (Å²) in [5.41, 5.74) is 5.35. The highest BCUT2D eigenvalue weighted by Crippen LogP contribution is 2.67. The van der Waals surface area contributed by atoms with Gasteiger partial charge in [0.2, 0.25) is 0 Å². The molecular formula is C42H58O6. The fraction of sp³-hybridized carbons (Fsp3) is 0.548. The molecule has 2 aliphatic carbocycles. The van der Waals surface area contributed by atoms with E-state index in [2.05, 4.69) is 19.6 Å². The Morgan fingerprint density at radius 3 is 1.92 bits per heavy atom. The summed E-state index contributed by atoms with van der Waals surface area (Å²) in [7, 11) is 0. The fourth-order valence-corrected chi connectivity index (χ4v) is 7.76. The summed E-state index contributed by atoms with van der Waals surface area (Å²) < 4.78 is 11.6. The minimum Gasteiger partial charge on any atom is -0.462 e. The number of allylic oxidation sites excluding steroid dienone is 14. The molecule has 3 aliphatic rings. The molecule has 0 amide bonds. The van der Waals surface area contributed by atoms with E-state index in [4.69, 9.17) is 9.47 Å². The monoisotopic (exact) mass is 658 g/mol. The van der Waals surface area contributed by atoms with Crippen molar-refractivity contribution < 1.29 is 29.3 Å². The van der Waals surface area contributed by atoms with Crippen molar-refractivity contribution in [2.75, 3.05) is 0 Å². The Hall–Kier alpha value is -3.28. The van der Waals surface area contributed by atoms with Gasteiger partial charge < -0.3 is 19.7 Å². The number of ketones is 1. The lowest BCUT2D eigenvalue weighted by Crippen LogP contribution is -2.48. The van der Waals surface area contributed by atoms with E-state index < -0.39 is 16.8 Å². The largest absolute Gasteiger partial charge is 0.462 e. The van der Waals surface area contributed by atoms with E-state index in [1.165, 1.54) is 6.92 Å². The van der Waals surface area contributed by atoms with Gasteiger partial charge in [0.05, 0.1) is 17.3 Å². The highest BCUT2D eigenvalue weighted by molar-refractivity contribution is 5.96. The third-order valence-corrected chi connectivity index (χ3v) is 10.1. The third kappa shape index (κ3) is 9.66. The van der Waals surface area contributed by atoms with Crippen molar-refractivity contribution in [3.05, 3.63) is 100 Å². The molecule has 262 valence electrons. The number of rotatable bonds is 11. The van der Waals surface area contributed by atoms with Gasteiger partial charge in [-0.25, -0.2) is 0 Å². The first-order valence-corrected chi connectivity index (χ1v) is 17.1. The van der Waals surface area contributed by atoms with Gasteiger partial charge in [0.25, 0.3) is 0 Å². The molecule has 1 aliphatic heterocycles. The van der Waals surface area contributed by atoms with Crippen LogP contribution in [0.2, 0.25) is 0 Å². The summed E-state index contributed by atoms with van der Waals surface area (Å²) in [6.45, 7) is 21.4. The topological polar surface area (TPSA) is 96.4 Å². The molecule has 6 nitrogen and oxygen atoms in total. The second-order valence-electron chi connectivity index (χ2n) is 15.9. The zero-order valence-electron chi connectivity index (χ0n) is 31.1. The van der Waals surface area contributed by atoms with Crippen LogP contribution in [0.15, 0.2) is 100 Å². The first kappa shape index (κ1) is 39.2. The molecule has 1 saturated heterocycles. The standard InChI is InChI=1S/C42H58O6/c1-29(18-14-19-31(3)22-23-37-38(6,7)26-35(47-33(5)43)27-40(37,10)46)16-12-13-17-30(2)20-15-21-32(4)36(45)28-42-39(8,9)24-34(44)25-41(42,11)48-42/h12-22,34-35,44,46H,24-28H2,1-11H3/b13-12-,18-14-,20-15-,29-16-,30-17-,31-19-,32-21-/t23?,34-,35-,40+,41+,42-/m0/s1. The number of ether oxygens (including phenoxy) is 2. The van der Waals surface area contributed by atoms with Crippen molar-refractivity contribution in [1.29, 1.82) is 0 Å². The average molecular weight is 659 g/mol. The highest BCUT2D eigenvalue weighted by atomic mass is 16.6. The number of hydrogen-bond acceptors (Lipinski definition) is 6. The summed E-state index contributed by atoms with van der Waals surface area (Å²) in [4.78, 5) is 24.5. The number of aliphatic hydroxyl groups excluding tert-OH is 1. The number of carbonyl (C=O) groups is 2. The second-order valence-corrected chi connectivity index (χ2v) is 15.9. The molecule has 0 aromatic carbocycles. The van der Waals surface area contributed by atoms with Gasteiger partial charge in [-0.1, -0.05) is 99.6 Å². The molecule has 3 rings (SSSR count). The lowest BCUT2D eigenvalue weighted by molar-refractivity contribution is -0.152. The maximum Gasteiger partial charge on any atom is 0.302 e. The lowest BCUT2D eigenvalue weighted by Gasteiger charge is -2.44. The number of epoxide rings is 1. The van der Waals surface area contributed by atoms with E-state index in [1.807, 2.05) is 115 Å². The number of Topliss-reactive ketones (excluding diaryl/α,β-unsaturated/α-hetero) is 1. The van der Waals surface area contributed by atoms with Crippen molar-refractivity contribution in [3.63, 3.8) is 0 Å². The molecule has 0 aromatic rings. The minimum absolute atomic E-state index is 0.0816. The first-order valence-electron chi connectivity index (χ1n) is 17.1. The Labute approximate surface area is 289 Å². The molecule has 0 aromatic heterocycles. The molecular weight excluding hydrogens is 600 g/mol. The Morgan fingerprint density at radius 1 is 0.812 bits per heavy atom. The van der Waals surface area contributed by atoms with Crippen LogP contribution in [0.3, 0.4) is 0 Å². The van der Waals surface area contributed by atoms with Gasteiger partial charge in [0, 0.05) is 31.8 Å². The molecule has 2 N–H and O–H groups in total. The molecule has 6 heteroatoms. The van der Waals surface area contributed by atoms with E-state index >= 15 is 0 Å². The van der Waals surface area contributed by atoms with Gasteiger partial charge in [-0.15, -0.1) is 5.73 Å². The lowest BCUT2D eigenvalue weighted by atomic mass is 9.61. The number of aliphatic hydroxyl groups is 2. The quantitative estimate of drug-likeness (QED) is 0.0758. The van der Waals surface area contributed by atoms with Gasteiger partial charge in [-0.3, -0.25) is 9.59 Å². The van der Waals surface area contributed by atoms with E-state index in [0.717, 1.165) is 22.3 Å². The predicted molar refractivity (Wildman–Crippen MR) is 194 cm³/mol. The minimum atomic E-state index is -1.11. The van der Waals surface area contributed by atoms with Gasteiger partial charge in [0.1, 0.15) is 11.7 Å². The number of fused-ring (bicyclic) bond motifs is 1. The van der Waals surface area contributed by atoms with Crippen LogP contribution in [0.1, 0.15) is 108 Å². The third-order valence-electron chi connectivity index (χ3n) is 10.1. The summed E-state index contributed by atoms with van der Waals surface area (Å²) in [5, 5.41) is 21.4. The highest BCUT2D eigenvalue weighted by Gasteiger charge is 2.76. The summed E-state index contributed by atoms with van der Waals surface area (Å²) >= 11 is 0. The van der Waals surface area contributed by atoms with Gasteiger partial charge >= 0.3 is 5.97 Å². The number of esters is 1. The molecule has 0 bridgehead atoms. The van der Waals surface area contributed by atoms with Crippen molar-refractivity contribution in [3.8, 4) is 0 Å². The van der Waals surface area contributed by atoms with E-state index in [1.54, 1.807) is 6.92 Å². The summed E-state index contributed by atoms with van der Waals surface area (Å²) in [5.74, 6) is -0.244. The zero-order chi connectivity index (χ0) is 36.1. The van der Waals surface area contributed by atoms with Crippen LogP contribution >= 0.6 is 0 Å². The molecule has 5 atom stereocenters. The van der Waals surface area contributed by atoms with Crippen molar-refractivity contribution >= 4 is 11.8 Å². The smallest absolute Gasteiger partial charge is 0.302 e. The van der Waals surface area contributed by atoms with E-state index in [-0.39, 0.29) is 34.8 Å². The Kier molecular flexibility index (Phi) is 12.3. The SMILES string of the molecule is CC(=O)O[C@H]1CC(C)(C)C(=C=C\C(C)=C/C=C\C(C)=C/C=C\C=C(C)/C=C\C=C(\C)C(=O)C[C@@]23O[C@]2(C)C[C@@H](O)CC3(C)C)[C@](C)(O)C1. The predicted octanol–water partition coefficient (Wildman–Crippen LogP) is 8.69. The summed E-state index contributed by atoms with van der Waals surface area (Å²) in [6, 6.07) is 0. The van der Waals surface area contributed by atoms with Crippen molar-refractivity contribution in [2.45, 2.75) is 137 Å². The van der Waals surface area contributed by atoms with Crippen molar-refractivity contribution in [2.24, 2.45) is 10.8 Å². The average Bonchev–Trinajstić information content (AvgIpc) is 3.53. The molecule has 0 unspecified atom stereocenters. The van der Waals surface area contributed by atoms with Crippen LogP contribution in [0, 0.1) is 10.8 Å². The molecule has 3 fully saturated rings. The van der Waals surface area contributed by atoms with E-state index in [0.29, 0.717) is 37.7 Å². The Morgan fingerprint density at radius 2 is 1.38 bits per heavy atom. The van der Waals surface area contributed by atoms with Crippen LogP contribution in [0.4, 0.5) is 0 Å². The zero-order valence-corrected chi connectivity index (χ0v) is 31.1. The van der Waals surface area contributed by atoms with Crippen molar-refractivity contribution in [1.82, 2.24) is 0 Å². The Balaban J connectivity index is 1.54. The number of carbonyl (C=O) groups excluding carboxylic acids is 2. The van der Waals surface area contributed by atoms with Gasteiger partial charge in [-0.05, 0) is 82.4 Å². The normalized spacial score (nSPS) is 32.4. The molecule has 48 heavy (non-hydrogen) atoms. The second kappa shape index (κ2) is 15.1. The van der Waals surface area contributed by atoms with E-state index in [9.17, 15) is 19.8 Å². The Bertz CT molecular complexity index is 1510. The maximum atomic E-state index is 13.1. The first-order chi connectivity index (χ1) is 22.1. The summed E-state index contributed by atoms with van der Waals surface area (Å²) in [6.07, 6.45) is 23.6. The molecule has 1 heterocycles.